The van der Waals surface area contributed by atoms with Crippen molar-refractivity contribution in [1.82, 2.24) is 5.32 Å². The highest BCUT2D eigenvalue weighted by atomic mass is 16.4. The second kappa shape index (κ2) is 7.16. The van der Waals surface area contributed by atoms with E-state index in [1.54, 1.807) is 0 Å². The van der Waals surface area contributed by atoms with Crippen LogP contribution in [0.3, 0.4) is 0 Å². The van der Waals surface area contributed by atoms with E-state index in [9.17, 15) is 14.7 Å². The van der Waals surface area contributed by atoms with Gasteiger partial charge in [0.25, 0.3) is 0 Å². The van der Waals surface area contributed by atoms with Crippen LogP contribution in [0.5, 0.6) is 0 Å². The molecule has 126 valence electrons. The summed E-state index contributed by atoms with van der Waals surface area (Å²) in [5, 5.41) is 12.8. The largest absolute Gasteiger partial charge is 0.481 e. The summed E-state index contributed by atoms with van der Waals surface area (Å²) in [6.45, 7) is 4.05. The molecule has 0 heterocycles. The first-order chi connectivity index (χ1) is 11.0. The summed E-state index contributed by atoms with van der Waals surface area (Å²) in [6.07, 6.45) is 5.23. The second-order valence-corrected chi connectivity index (χ2v) is 6.63. The smallest absolute Gasteiger partial charge is 0.315 e. The maximum Gasteiger partial charge on any atom is 0.315 e. The summed E-state index contributed by atoms with van der Waals surface area (Å²) in [5.74, 6) is -0.865. The SMILES string of the molecule is CCC1(C(=O)NCC(CC)(C(=O)O)c2ccccc2)CCCC1. The van der Waals surface area contributed by atoms with Crippen LogP contribution in [-0.2, 0) is 15.0 Å². The third-order valence-electron chi connectivity index (χ3n) is 5.61. The lowest BCUT2D eigenvalue weighted by atomic mass is 9.77. The summed E-state index contributed by atoms with van der Waals surface area (Å²) < 4.78 is 0. The first-order valence-electron chi connectivity index (χ1n) is 8.58. The standard InChI is InChI=1S/C19H27NO3/c1-3-18(12-8-9-13-18)16(21)20-14-19(4-2,17(22)23)15-10-6-5-7-11-15/h5-7,10-11H,3-4,8-9,12-14H2,1-2H3,(H,20,21)(H,22,23). The monoisotopic (exact) mass is 317 g/mol. The molecular formula is C19H27NO3. The number of benzene rings is 1. The number of carboxylic acids is 1. The third kappa shape index (κ3) is 3.26. The quantitative estimate of drug-likeness (QED) is 0.809. The fourth-order valence-electron chi connectivity index (χ4n) is 3.75. The van der Waals surface area contributed by atoms with Crippen LogP contribution >= 0.6 is 0 Å². The van der Waals surface area contributed by atoms with Crippen LogP contribution in [0.15, 0.2) is 30.3 Å². The molecule has 0 spiro atoms. The molecule has 1 fully saturated rings. The molecule has 2 rings (SSSR count). The fourth-order valence-corrected chi connectivity index (χ4v) is 3.75. The maximum absolute atomic E-state index is 12.7. The van der Waals surface area contributed by atoms with E-state index < -0.39 is 11.4 Å². The highest BCUT2D eigenvalue weighted by Crippen LogP contribution is 2.41. The molecule has 0 bridgehead atoms. The van der Waals surface area contributed by atoms with E-state index in [1.807, 2.05) is 44.2 Å². The van der Waals surface area contributed by atoms with Crippen molar-refractivity contribution < 1.29 is 14.7 Å². The average molecular weight is 317 g/mol. The van der Waals surface area contributed by atoms with Crippen LogP contribution in [0.2, 0.25) is 0 Å². The van der Waals surface area contributed by atoms with Crippen molar-refractivity contribution in [3.63, 3.8) is 0 Å². The van der Waals surface area contributed by atoms with Gasteiger partial charge in [-0.2, -0.15) is 0 Å². The van der Waals surface area contributed by atoms with Gasteiger partial charge in [-0.15, -0.1) is 0 Å². The molecule has 0 aliphatic heterocycles. The summed E-state index contributed by atoms with van der Waals surface area (Å²) in [4.78, 5) is 24.7. The summed E-state index contributed by atoms with van der Waals surface area (Å²) >= 11 is 0. The molecule has 1 saturated carbocycles. The zero-order valence-electron chi connectivity index (χ0n) is 14.1. The van der Waals surface area contributed by atoms with Gasteiger partial charge in [0, 0.05) is 12.0 Å². The molecule has 0 aromatic heterocycles. The molecule has 1 aliphatic rings. The van der Waals surface area contributed by atoms with Gasteiger partial charge in [-0.25, -0.2) is 0 Å². The van der Waals surface area contributed by atoms with E-state index in [1.165, 1.54) is 0 Å². The van der Waals surface area contributed by atoms with E-state index in [0.717, 1.165) is 37.7 Å². The minimum Gasteiger partial charge on any atom is -0.481 e. The van der Waals surface area contributed by atoms with Crippen LogP contribution in [0.25, 0.3) is 0 Å². The van der Waals surface area contributed by atoms with E-state index in [4.69, 9.17) is 0 Å². The van der Waals surface area contributed by atoms with Crippen molar-refractivity contribution in [3.05, 3.63) is 35.9 Å². The number of aliphatic carboxylic acids is 1. The normalized spacial score (nSPS) is 19.0. The first-order valence-corrected chi connectivity index (χ1v) is 8.58. The summed E-state index contributed by atoms with van der Waals surface area (Å²) in [7, 11) is 0. The van der Waals surface area contributed by atoms with Crippen LogP contribution < -0.4 is 5.32 Å². The van der Waals surface area contributed by atoms with Crippen LogP contribution in [0.1, 0.15) is 57.9 Å². The van der Waals surface area contributed by atoms with Gasteiger partial charge in [0.2, 0.25) is 5.91 Å². The van der Waals surface area contributed by atoms with E-state index in [2.05, 4.69) is 5.32 Å². The lowest BCUT2D eigenvalue weighted by molar-refractivity contribution is -0.144. The Bertz CT molecular complexity index is 549. The van der Waals surface area contributed by atoms with Crippen molar-refractivity contribution in [2.24, 2.45) is 5.41 Å². The lowest BCUT2D eigenvalue weighted by Gasteiger charge is -2.32. The molecule has 4 nitrogen and oxygen atoms in total. The molecular weight excluding hydrogens is 290 g/mol. The van der Waals surface area contributed by atoms with Crippen molar-refractivity contribution in [3.8, 4) is 0 Å². The topological polar surface area (TPSA) is 66.4 Å². The minimum absolute atomic E-state index is 0.0208. The Hall–Kier alpha value is -1.84. The van der Waals surface area contributed by atoms with Gasteiger partial charge in [-0.05, 0) is 31.2 Å². The molecule has 0 radical (unpaired) electrons. The Balaban J connectivity index is 2.19. The molecule has 0 saturated heterocycles. The van der Waals surface area contributed by atoms with Gasteiger partial charge in [0.1, 0.15) is 5.41 Å². The van der Waals surface area contributed by atoms with Crippen molar-refractivity contribution in [2.75, 3.05) is 6.54 Å². The highest BCUT2D eigenvalue weighted by molar-refractivity contribution is 5.86. The van der Waals surface area contributed by atoms with E-state index in [0.29, 0.717) is 6.42 Å². The lowest BCUT2D eigenvalue weighted by Crippen LogP contribution is -2.49. The summed E-state index contributed by atoms with van der Waals surface area (Å²) in [5.41, 5.74) is -0.619. The molecule has 1 aromatic rings. The van der Waals surface area contributed by atoms with Gasteiger partial charge < -0.3 is 10.4 Å². The van der Waals surface area contributed by atoms with Crippen LogP contribution in [-0.4, -0.2) is 23.5 Å². The van der Waals surface area contributed by atoms with E-state index >= 15 is 0 Å². The second-order valence-electron chi connectivity index (χ2n) is 6.63. The Kier molecular flexibility index (Phi) is 5.45. The fraction of sp³-hybridized carbons (Fsp3) is 0.579. The Morgan fingerprint density at radius 1 is 1.17 bits per heavy atom. The molecule has 1 amide bonds. The van der Waals surface area contributed by atoms with Gasteiger partial charge >= 0.3 is 5.97 Å². The molecule has 1 aromatic carbocycles. The average Bonchev–Trinajstić information content (AvgIpc) is 3.06. The molecule has 1 aliphatic carbocycles. The Labute approximate surface area is 138 Å². The van der Waals surface area contributed by atoms with E-state index in [-0.39, 0.29) is 17.9 Å². The number of amides is 1. The number of hydrogen-bond donors (Lipinski definition) is 2. The van der Waals surface area contributed by atoms with Gasteiger partial charge in [0.15, 0.2) is 0 Å². The number of nitrogens with one attached hydrogen (secondary N) is 1. The van der Waals surface area contributed by atoms with Crippen molar-refractivity contribution >= 4 is 11.9 Å². The predicted molar refractivity (Wildman–Crippen MR) is 90.2 cm³/mol. The zero-order valence-corrected chi connectivity index (χ0v) is 14.1. The Morgan fingerprint density at radius 3 is 2.26 bits per heavy atom. The molecule has 2 N–H and O–H groups in total. The van der Waals surface area contributed by atoms with Crippen LogP contribution in [0, 0.1) is 5.41 Å². The highest BCUT2D eigenvalue weighted by Gasteiger charge is 2.43. The first kappa shape index (κ1) is 17.5. The summed E-state index contributed by atoms with van der Waals surface area (Å²) in [6, 6.07) is 9.21. The van der Waals surface area contributed by atoms with Crippen molar-refractivity contribution in [1.29, 1.82) is 0 Å². The number of hydrogen-bond acceptors (Lipinski definition) is 2. The maximum atomic E-state index is 12.7. The number of rotatable bonds is 7. The Morgan fingerprint density at radius 2 is 1.78 bits per heavy atom. The molecule has 23 heavy (non-hydrogen) atoms. The third-order valence-corrected chi connectivity index (χ3v) is 5.61. The van der Waals surface area contributed by atoms with Crippen LogP contribution in [0.4, 0.5) is 0 Å². The zero-order chi connectivity index (χ0) is 16.9. The number of carboxylic acid groups (broad SMARTS) is 1. The molecule has 1 unspecified atom stereocenters. The van der Waals surface area contributed by atoms with Crippen molar-refractivity contribution in [2.45, 2.75) is 57.8 Å². The van der Waals surface area contributed by atoms with Gasteiger partial charge in [-0.3, -0.25) is 9.59 Å². The molecule has 4 heteroatoms. The van der Waals surface area contributed by atoms with Gasteiger partial charge in [-0.1, -0.05) is 57.0 Å². The minimum atomic E-state index is -1.07. The predicted octanol–water partition coefficient (Wildman–Crippen LogP) is 3.51. The number of carbonyl (C=O) groups is 2. The van der Waals surface area contributed by atoms with Gasteiger partial charge in [0.05, 0.1) is 0 Å². The number of carbonyl (C=O) groups excluding carboxylic acids is 1. The molecule has 1 atom stereocenters.